The quantitative estimate of drug-likeness (QED) is 0.644. The maximum atomic E-state index is 5.35. The SMILES string of the molecule is CCSCC1COC(OC)O1. The van der Waals surface area contributed by atoms with Crippen molar-refractivity contribution in [2.24, 2.45) is 0 Å². The Kier molecular flexibility index (Phi) is 4.22. The van der Waals surface area contributed by atoms with Crippen molar-refractivity contribution in [1.29, 1.82) is 0 Å². The van der Waals surface area contributed by atoms with E-state index in [-0.39, 0.29) is 6.10 Å². The predicted molar refractivity (Wildman–Crippen MR) is 44.6 cm³/mol. The molecule has 1 rings (SSSR count). The molecule has 4 heteroatoms. The molecular weight excluding hydrogens is 164 g/mol. The molecular formula is C7H14O3S. The standard InChI is InChI=1S/C7H14O3S/c1-3-11-5-6-4-9-7(8-2)10-6/h6-7H,3-5H2,1-2H3. The van der Waals surface area contributed by atoms with E-state index >= 15 is 0 Å². The van der Waals surface area contributed by atoms with Crippen molar-refractivity contribution in [3.8, 4) is 0 Å². The molecule has 0 spiro atoms. The van der Waals surface area contributed by atoms with E-state index in [1.165, 1.54) is 0 Å². The number of hydrogen-bond acceptors (Lipinski definition) is 4. The van der Waals surface area contributed by atoms with Gasteiger partial charge in [0, 0.05) is 12.9 Å². The van der Waals surface area contributed by atoms with Crippen LogP contribution in [-0.2, 0) is 14.2 Å². The van der Waals surface area contributed by atoms with E-state index in [1.54, 1.807) is 7.11 Å². The number of methoxy groups -OCH3 is 1. The molecule has 0 aromatic carbocycles. The van der Waals surface area contributed by atoms with Gasteiger partial charge in [0.25, 0.3) is 6.48 Å². The Morgan fingerprint density at radius 3 is 3.00 bits per heavy atom. The highest BCUT2D eigenvalue weighted by atomic mass is 32.2. The van der Waals surface area contributed by atoms with Crippen LogP contribution in [-0.4, -0.2) is 37.8 Å². The van der Waals surface area contributed by atoms with Crippen LogP contribution in [0.5, 0.6) is 0 Å². The third kappa shape index (κ3) is 2.99. The van der Waals surface area contributed by atoms with Crippen LogP contribution in [0.1, 0.15) is 6.92 Å². The molecule has 0 N–H and O–H groups in total. The minimum atomic E-state index is -0.433. The van der Waals surface area contributed by atoms with E-state index in [0.717, 1.165) is 11.5 Å². The van der Waals surface area contributed by atoms with Crippen molar-refractivity contribution in [2.75, 3.05) is 25.2 Å². The summed E-state index contributed by atoms with van der Waals surface area (Å²) < 4.78 is 15.4. The maximum Gasteiger partial charge on any atom is 0.271 e. The molecule has 2 atom stereocenters. The lowest BCUT2D eigenvalue weighted by atomic mass is 10.4. The molecule has 2 unspecified atom stereocenters. The molecule has 3 nitrogen and oxygen atoms in total. The van der Waals surface area contributed by atoms with Crippen molar-refractivity contribution in [1.82, 2.24) is 0 Å². The topological polar surface area (TPSA) is 27.7 Å². The molecule has 0 amide bonds. The molecule has 0 bridgehead atoms. The largest absolute Gasteiger partial charge is 0.333 e. The average molecular weight is 178 g/mol. The third-order valence-electron chi connectivity index (χ3n) is 1.42. The first-order chi connectivity index (χ1) is 5.36. The van der Waals surface area contributed by atoms with E-state index in [2.05, 4.69) is 6.92 Å². The van der Waals surface area contributed by atoms with Crippen LogP contribution in [0, 0.1) is 0 Å². The van der Waals surface area contributed by atoms with Gasteiger partial charge in [0.15, 0.2) is 0 Å². The Morgan fingerprint density at radius 2 is 2.45 bits per heavy atom. The van der Waals surface area contributed by atoms with E-state index < -0.39 is 6.48 Å². The Labute approximate surface area is 71.4 Å². The second-order valence-corrected chi connectivity index (χ2v) is 3.59. The van der Waals surface area contributed by atoms with Gasteiger partial charge in [0.2, 0.25) is 0 Å². The molecule has 0 aromatic rings. The highest BCUT2D eigenvalue weighted by Gasteiger charge is 2.24. The van der Waals surface area contributed by atoms with Crippen LogP contribution >= 0.6 is 11.8 Å². The first kappa shape index (κ1) is 9.32. The summed E-state index contributed by atoms with van der Waals surface area (Å²) in [5, 5.41) is 0. The van der Waals surface area contributed by atoms with E-state index in [4.69, 9.17) is 14.2 Å². The second-order valence-electron chi connectivity index (χ2n) is 2.28. The number of hydrogen-bond donors (Lipinski definition) is 0. The summed E-state index contributed by atoms with van der Waals surface area (Å²) in [6.07, 6.45) is 0.213. The van der Waals surface area contributed by atoms with E-state index in [9.17, 15) is 0 Å². The van der Waals surface area contributed by atoms with Crippen LogP contribution in [0.4, 0.5) is 0 Å². The van der Waals surface area contributed by atoms with Gasteiger partial charge in [0.1, 0.15) is 0 Å². The number of rotatable bonds is 4. The van der Waals surface area contributed by atoms with Gasteiger partial charge in [-0.25, -0.2) is 0 Å². The number of thioether (sulfide) groups is 1. The first-order valence-electron chi connectivity index (χ1n) is 3.74. The van der Waals surface area contributed by atoms with Crippen molar-refractivity contribution in [2.45, 2.75) is 19.5 Å². The first-order valence-corrected chi connectivity index (χ1v) is 4.90. The Bertz CT molecular complexity index is 110. The average Bonchev–Trinajstić information content (AvgIpc) is 2.48. The summed E-state index contributed by atoms with van der Waals surface area (Å²) in [5.41, 5.74) is 0. The van der Waals surface area contributed by atoms with Crippen LogP contribution < -0.4 is 0 Å². The normalized spacial score (nSPS) is 31.1. The lowest BCUT2D eigenvalue weighted by molar-refractivity contribution is -0.221. The second kappa shape index (κ2) is 4.98. The highest BCUT2D eigenvalue weighted by Crippen LogP contribution is 2.15. The van der Waals surface area contributed by atoms with Gasteiger partial charge < -0.3 is 14.2 Å². The summed E-state index contributed by atoms with van der Waals surface area (Å²) >= 11 is 1.86. The predicted octanol–water partition coefficient (Wildman–Crippen LogP) is 1.08. The molecule has 0 aromatic heterocycles. The lowest BCUT2D eigenvalue weighted by Crippen LogP contribution is -2.15. The fourth-order valence-electron chi connectivity index (χ4n) is 0.882. The molecule has 11 heavy (non-hydrogen) atoms. The third-order valence-corrected chi connectivity index (χ3v) is 2.44. The molecule has 1 heterocycles. The fourth-order valence-corrected chi connectivity index (χ4v) is 1.56. The molecule has 66 valence electrons. The number of ether oxygens (including phenoxy) is 3. The summed E-state index contributed by atoms with van der Waals surface area (Å²) in [6.45, 7) is 2.36. The summed E-state index contributed by atoms with van der Waals surface area (Å²) in [7, 11) is 1.58. The smallest absolute Gasteiger partial charge is 0.271 e. The van der Waals surface area contributed by atoms with Gasteiger partial charge >= 0.3 is 0 Å². The van der Waals surface area contributed by atoms with Gasteiger partial charge in [-0.2, -0.15) is 11.8 Å². The van der Waals surface area contributed by atoms with Gasteiger partial charge in [0.05, 0.1) is 12.7 Å². The van der Waals surface area contributed by atoms with E-state index in [0.29, 0.717) is 6.61 Å². The molecule has 1 aliphatic heterocycles. The minimum Gasteiger partial charge on any atom is -0.333 e. The van der Waals surface area contributed by atoms with Crippen molar-refractivity contribution >= 4 is 11.8 Å². The zero-order chi connectivity index (χ0) is 8.10. The monoisotopic (exact) mass is 178 g/mol. The van der Waals surface area contributed by atoms with Gasteiger partial charge in [-0.15, -0.1) is 0 Å². The fraction of sp³-hybridized carbons (Fsp3) is 1.00. The van der Waals surface area contributed by atoms with Crippen LogP contribution in [0.25, 0.3) is 0 Å². The Morgan fingerprint density at radius 1 is 1.64 bits per heavy atom. The van der Waals surface area contributed by atoms with Crippen LogP contribution in [0.15, 0.2) is 0 Å². The van der Waals surface area contributed by atoms with Crippen molar-refractivity contribution in [3.05, 3.63) is 0 Å². The molecule has 1 saturated heterocycles. The molecule has 0 aliphatic carbocycles. The highest BCUT2D eigenvalue weighted by molar-refractivity contribution is 7.99. The summed E-state index contributed by atoms with van der Waals surface area (Å²) in [4.78, 5) is 0. The van der Waals surface area contributed by atoms with Gasteiger partial charge in [-0.1, -0.05) is 6.92 Å². The maximum absolute atomic E-state index is 5.35. The molecule has 0 saturated carbocycles. The van der Waals surface area contributed by atoms with Crippen molar-refractivity contribution in [3.63, 3.8) is 0 Å². The molecule has 0 radical (unpaired) electrons. The zero-order valence-corrected chi connectivity index (χ0v) is 7.73. The van der Waals surface area contributed by atoms with Crippen LogP contribution in [0.3, 0.4) is 0 Å². The minimum absolute atomic E-state index is 0.213. The van der Waals surface area contributed by atoms with Crippen molar-refractivity contribution < 1.29 is 14.2 Å². The Balaban J connectivity index is 2.09. The van der Waals surface area contributed by atoms with E-state index in [1.807, 2.05) is 11.8 Å². The van der Waals surface area contributed by atoms with Gasteiger partial charge in [-0.05, 0) is 5.75 Å². The van der Waals surface area contributed by atoms with Gasteiger partial charge in [-0.3, -0.25) is 0 Å². The zero-order valence-electron chi connectivity index (χ0n) is 6.91. The van der Waals surface area contributed by atoms with Crippen LogP contribution in [0.2, 0.25) is 0 Å². The summed E-state index contributed by atoms with van der Waals surface area (Å²) in [6, 6.07) is 0. The lowest BCUT2D eigenvalue weighted by Gasteiger charge is -2.07. The Hall–Kier alpha value is 0.230. The molecule has 1 fully saturated rings. The summed E-state index contributed by atoms with van der Waals surface area (Å²) in [5.74, 6) is 2.12. The molecule has 1 aliphatic rings.